The number of benzene rings is 2. The maximum Gasteiger partial charge on any atom is 0.340 e. The molecule has 0 aliphatic heterocycles. The van der Waals surface area contributed by atoms with Crippen LogP contribution < -0.4 is 10.1 Å². The fraction of sp³-hybridized carbons (Fsp3) is 0.111. The zero-order valence-corrected chi connectivity index (χ0v) is 13.5. The number of rotatable bonds is 5. The molecule has 0 unspecified atom stereocenters. The Labute approximate surface area is 142 Å². The Morgan fingerprint density at radius 1 is 1.04 bits per heavy atom. The molecular weight excluding hydrogens is 332 g/mol. The fourth-order valence-electron chi connectivity index (χ4n) is 2.01. The van der Waals surface area contributed by atoms with Gasteiger partial charge < -0.3 is 14.8 Å². The van der Waals surface area contributed by atoms with E-state index in [0.29, 0.717) is 5.56 Å². The topological polar surface area (TPSA) is 64.6 Å². The Bertz CT molecular complexity index is 834. The van der Waals surface area contributed by atoms with Crippen molar-refractivity contribution in [2.75, 3.05) is 19.5 Å². The zero-order valence-electron chi connectivity index (χ0n) is 13.5. The highest BCUT2D eigenvalue weighted by Crippen LogP contribution is 2.19. The first-order chi connectivity index (χ1) is 11.9. The van der Waals surface area contributed by atoms with E-state index >= 15 is 0 Å². The van der Waals surface area contributed by atoms with Gasteiger partial charge in [-0.1, -0.05) is 6.07 Å². The molecule has 0 aliphatic rings. The van der Waals surface area contributed by atoms with Crippen LogP contribution in [0.25, 0.3) is 6.08 Å². The number of anilines is 1. The minimum Gasteiger partial charge on any atom is -0.494 e. The fourth-order valence-corrected chi connectivity index (χ4v) is 2.01. The Morgan fingerprint density at radius 2 is 1.80 bits per heavy atom. The molecule has 5 nitrogen and oxygen atoms in total. The van der Waals surface area contributed by atoms with Crippen LogP contribution in [0.15, 0.2) is 42.5 Å². The third-order valence-electron chi connectivity index (χ3n) is 3.24. The van der Waals surface area contributed by atoms with Crippen LogP contribution in [0.2, 0.25) is 0 Å². The van der Waals surface area contributed by atoms with E-state index in [4.69, 9.17) is 4.74 Å². The second-order valence-electron chi connectivity index (χ2n) is 4.90. The highest BCUT2D eigenvalue weighted by Gasteiger charge is 2.13. The van der Waals surface area contributed by atoms with Gasteiger partial charge in [-0.3, -0.25) is 4.79 Å². The number of nitrogens with one attached hydrogen (secondary N) is 1. The summed E-state index contributed by atoms with van der Waals surface area (Å²) >= 11 is 0. The van der Waals surface area contributed by atoms with E-state index in [1.807, 2.05) is 0 Å². The molecule has 2 aromatic rings. The summed E-state index contributed by atoms with van der Waals surface area (Å²) in [4.78, 5) is 23.3. The van der Waals surface area contributed by atoms with Gasteiger partial charge in [0, 0.05) is 11.8 Å². The molecule has 0 saturated heterocycles. The summed E-state index contributed by atoms with van der Waals surface area (Å²) in [6.07, 6.45) is 2.59. The highest BCUT2D eigenvalue weighted by atomic mass is 19.1. The minimum absolute atomic E-state index is 0.100. The van der Waals surface area contributed by atoms with Gasteiger partial charge >= 0.3 is 5.97 Å². The molecule has 0 heterocycles. The van der Waals surface area contributed by atoms with Crippen LogP contribution in [-0.4, -0.2) is 26.1 Å². The Kier molecular flexibility index (Phi) is 5.84. The number of ether oxygens (including phenoxy) is 2. The number of esters is 1. The van der Waals surface area contributed by atoms with Crippen LogP contribution in [0.1, 0.15) is 15.9 Å². The lowest BCUT2D eigenvalue weighted by Crippen LogP contribution is -2.10. The SMILES string of the molecule is COC(=O)c1cc(NC(=O)/C=C/c2ccc(OC)c(F)c2)ccc1F. The van der Waals surface area contributed by atoms with Crippen molar-refractivity contribution in [1.29, 1.82) is 0 Å². The molecule has 0 atom stereocenters. The van der Waals surface area contributed by atoms with E-state index < -0.39 is 23.5 Å². The first-order valence-corrected chi connectivity index (χ1v) is 7.15. The Morgan fingerprint density at radius 3 is 2.44 bits per heavy atom. The normalized spacial score (nSPS) is 10.6. The van der Waals surface area contributed by atoms with Gasteiger partial charge in [0.2, 0.25) is 5.91 Å². The average Bonchev–Trinajstić information content (AvgIpc) is 2.61. The summed E-state index contributed by atoms with van der Waals surface area (Å²) in [6.45, 7) is 0. The van der Waals surface area contributed by atoms with E-state index in [1.54, 1.807) is 6.07 Å². The molecular formula is C18H15F2NO4. The Balaban J connectivity index is 2.10. The molecule has 0 bridgehead atoms. The zero-order chi connectivity index (χ0) is 18.4. The number of amides is 1. The molecule has 1 amide bonds. The van der Waals surface area contributed by atoms with Crippen LogP contribution in [0.4, 0.5) is 14.5 Å². The van der Waals surface area contributed by atoms with Gasteiger partial charge in [-0.05, 0) is 42.0 Å². The van der Waals surface area contributed by atoms with Crippen molar-refractivity contribution in [3.05, 3.63) is 65.2 Å². The summed E-state index contributed by atoms with van der Waals surface area (Å²) in [5, 5.41) is 2.48. The smallest absolute Gasteiger partial charge is 0.340 e. The second kappa shape index (κ2) is 8.05. The van der Waals surface area contributed by atoms with Gasteiger partial charge in [0.05, 0.1) is 19.8 Å². The van der Waals surface area contributed by atoms with Crippen molar-refractivity contribution in [3.63, 3.8) is 0 Å². The lowest BCUT2D eigenvalue weighted by molar-refractivity contribution is -0.111. The van der Waals surface area contributed by atoms with Crippen molar-refractivity contribution in [1.82, 2.24) is 0 Å². The lowest BCUT2D eigenvalue weighted by atomic mass is 10.1. The van der Waals surface area contributed by atoms with Crippen LogP contribution in [-0.2, 0) is 9.53 Å². The largest absolute Gasteiger partial charge is 0.494 e. The molecule has 0 aromatic heterocycles. The molecule has 25 heavy (non-hydrogen) atoms. The molecule has 130 valence electrons. The van der Waals surface area contributed by atoms with Crippen molar-refractivity contribution >= 4 is 23.6 Å². The predicted octanol–water partition coefficient (Wildman–Crippen LogP) is 3.41. The molecule has 7 heteroatoms. The number of methoxy groups -OCH3 is 2. The molecule has 2 aromatic carbocycles. The number of carbonyl (C=O) groups excluding carboxylic acids is 2. The summed E-state index contributed by atoms with van der Waals surface area (Å²) in [6, 6.07) is 7.76. The van der Waals surface area contributed by atoms with Crippen molar-refractivity contribution in [2.45, 2.75) is 0 Å². The maximum absolute atomic E-state index is 13.6. The number of hydrogen-bond donors (Lipinski definition) is 1. The monoisotopic (exact) mass is 347 g/mol. The third-order valence-corrected chi connectivity index (χ3v) is 3.24. The summed E-state index contributed by atoms with van der Waals surface area (Å²) in [7, 11) is 2.48. The number of carbonyl (C=O) groups is 2. The quantitative estimate of drug-likeness (QED) is 0.665. The summed E-state index contributed by atoms with van der Waals surface area (Å²) in [5.74, 6) is -2.58. The van der Waals surface area contributed by atoms with E-state index in [1.165, 1.54) is 43.5 Å². The first-order valence-electron chi connectivity index (χ1n) is 7.15. The van der Waals surface area contributed by atoms with Crippen LogP contribution in [0, 0.1) is 11.6 Å². The number of hydrogen-bond acceptors (Lipinski definition) is 4. The molecule has 0 aliphatic carbocycles. The maximum atomic E-state index is 13.6. The third kappa shape index (κ3) is 4.63. The van der Waals surface area contributed by atoms with Gasteiger partial charge in [0.25, 0.3) is 0 Å². The molecule has 0 fully saturated rings. The lowest BCUT2D eigenvalue weighted by Gasteiger charge is -2.06. The summed E-state index contributed by atoms with van der Waals surface area (Å²) < 4.78 is 36.4. The molecule has 0 spiro atoms. The van der Waals surface area contributed by atoms with Gasteiger partial charge in [-0.15, -0.1) is 0 Å². The molecule has 1 N–H and O–H groups in total. The van der Waals surface area contributed by atoms with Crippen LogP contribution in [0.3, 0.4) is 0 Å². The van der Waals surface area contributed by atoms with Crippen molar-refractivity contribution in [2.24, 2.45) is 0 Å². The second-order valence-corrected chi connectivity index (χ2v) is 4.90. The standard InChI is InChI=1S/C18H15F2NO4/c1-24-16-7-3-11(9-15(16)20)4-8-17(22)21-12-5-6-14(19)13(10-12)18(23)25-2/h3-10H,1-2H3,(H,21,22)/b8-4+. The molecule has 2 rings (SSSR count). The Hall–Kier alpha value is -3.22. The van der Waals surface area contributed by atoms with Gasteiger partial charge in [0.1, 0.15) is 5.82 Å². The summed E-state index contributed by atoms with van der Waals surface area (Å²) in [5.41, 5.74) is 0.390. The van der Waals surface area contributed by atoms with Crippen LogP contribution in [0.5, 0.6) is 5.75 Å². The molecule has 0 radical (unpaired) electrons. The van der Waals surface area contributed by atoms with Gasteiger partial charge in [0.15, 0.2) is 11.6 Å². The van der Waals surface area contributed by atoms with E-state index in [-0.39, 0.29) is 17.0 Å². The predicted molar refractivity (Wildman–Crippen MR) is 88.4 cm³/mol. The van der Waals surface area contributed by atoms with Crippen molar-refractivity contribution < 1.29 is 27.8 Å². The van der Waals surface area contributed by atoms with Crippen LogP contribution >= 0.6 is 0 Å². The first kappa shape index (κ1) is 18.1. The average molecular weight is 347 g/mol. The van der Waals surface area contributed by atoms with E-state index in [9.17, 15) is 18.4 Å². The van der Waals surface area contributed by atoms with E-state index in [2.05, 4.69) is 10.1 Å². The highest BCUT2D eigenvalue weighted by molar-refractivity contribution is 6.02. The van der Waals surface area contributed by atoms with Gasteiger partial charge in [-0.25, -0.2) is 13.6 Å². The van der Waals surface area contributed by atoms with Gasteiger partial charge in [-0.2, -0.15) is 0 Å². The van der Waals surface area contributed by atoms with Crippen molar-refractivity contribution in [3.8, 4) is 5.75 Å². The van der Waals surface area contributed by atoms with E-state index in [0.717, 1.165) is 13.2 Å². The molecule has 0 saturated carbocycles. The number of halogens is 2. The minimum atomic E-state index is -0.849.